The Morgan fingerprint density at radius 2 is 1.48 bits per heavy atom. The van der Waals surface area contributed by atoms with Crippen molar-refractivity contribution >= 4 is 0 Å². The number of hydrogen-bond donors (Lipinski definition) is 0. The Labute approximate surface area is 134 Å². The molecule has 1 aliphatic rings. The fourth-order valence-electron chi connectivity index (χ4n) is 3.38. The molecule has 0 heteroatoms. The van der Waals surface area contributed by atoms with Gasteiger partial charge in [-0.2, -0.15) is 0 Å². The third-order valence-corrected chi connectivity index (χ3v) is 4.89. The van der Waals surface area contributed by atoms with Crippen LogP contribution in [0.1, 0.15) is 97.3 Å². The molecule has 1 aliphatic carbocycles. The topological polar surface area (TPSA) is 0 Å². The lowest BCUT2D eigenvalue weighted by Crippen LogP contribution is -2.12. The van der Waals surface area contributed by atoms with Crippen molar-refractivity contribution in [3.63, 3.8) is 0 Å². The van der Waals surface area contributed by atoms with Crippen LogP contribution < -0.4 is 0 Å². The monoisotopic (exact) mass is 290 g/mol. The minimum absolute atomic E-state index is 0.891. The molecule has 0 aromatic heterocycles. The molecule has 1 rings (SSSR count). The minimum atomic E-state index is 0.891. The predicted octanol–water partition coefficient (Wildman–Crippen LogP) is 7.46. The van der Waals surface area contributed by atoms with E-state index in [1.807, 2.05) is 0 Å². The average Bonchev–Trinajstić information content (AvgIpc) is 2.52. The summed E-state index contributed by atoms with van der Waals surface area (Å²) in [6.07, 6.45) is 27.7. The SMILES string of the molecule is CCCC=CC1CCC(CCC=CCCCCCC)CC1. The first-order valence-electron chi connectivity index (χ1n) is 9.68. The van der Waals surface area contributed by atoms with E-state index >= 15 is 0 Å². The van der Waals surface area contributed by atoms with Crippen LogP contribution >= 0.6 is 0 Å². The molecule has 0 atom stereocenters. The summed E-state index contributed by atoms with van der Waals surface area (Å²) < 4.78 is 0. The smallest absolute Gasteiger partial charge is 0.0233 e. The molecule has 0 aromatic carbocycles. The average molecular weight is 291 g/mol. The Kier molecular flexibility index (Phi) is 11.6. The van der Waals surface area contributed by atoms with Crippen molar-refractivity contribution in [3.05, 3.63) is 24.3 Å². The van der Waals surface area contributed by atoms with E-state index in [-0.39, 0.29) is 0 Å². The summed E-state index contributed by atoms with van der Waals surface area (Å²) in [6.45, 7) is 4.54. The quantitative estimate of drug-likeness (QED) is 0.274. The van der Waals surface area contributed by atoms with Gasteiger partial charge >= 0.3 is 0 Å². The van der Waals surface area contributed by atoms with E-state index in [1.54, 1.807) is 0 Å². The zero-order valence-electron chi connectivity index (χ0n) is 14.7. The molecular weight excluding hydrogens is 252 g/mol. The van der Waals surface area contributed by atoms with Crippen molar-refractivity contribution in [1.82, 2.24) is 0 Å². The van der Waals surface area contributed by atoms with Crippen LogP contribution in [0.25, 0.3) is 0 Å². The second-order valence-electron chi connectivity index (χ2n) is 6.90. The molecule has 122 valence electrons. The van der Waals surface area contributed by atoms with Gasteiger partial charge in [0.25, 0.3) is 0 Å². The van der Waals surface area contributed by atoms with Crippen LogP contribution in [0.4, 0.5) is 0 Å². The van der Waals surface area contributed by atoms with Crippen LogP contribution in [-0.4, -0.2) is 0 Å². The van der Waals surface area contributed by atoms with Gasteiger partial charge in [0.05, 0.1) is 0 Å². The highest BCUT2D eigenvalue weighted by Crippen LogP contribution is 2.32. The summed E-state index contributed by atoms with van der Waals surface area (Å²) in [5.74, 6) is 1.90. The highest BCUT2D eigenvalue weighted by molar-refractivity contribution is 4.91. The van der Waals surface area contributed by atoms with Crippen molar-refractivity contribution in [2.45, 2.75) is 97.3 Å². The van der Waals surface area contributed by atoms with E-state index in [1.165, 1.54) is 83.5 Å². The maximum absolute atomic E-state index is 2.50. The fourth-order valence-corrected chi connectivity index (χ4v) is 3.38. The van der Waals surface area contributed by atoms with Crippen LogP contribution in [0.3, 0.4) is 0 Å². The van der Waals surface area contributed by atoms with E-state index in [0.29, 0.717) is 0 Å². The van der Waals surface area contributed by atoms with Gasteiger partial charge in [-0.25, -0.2) is 0 Å². The highest BCUT2D eigenvalue weighted by Gasteiger charge is 2.18. The molecule has 0 spiro atoms. The summed E-state index contributed by atoms with van der Waals surface area (Å²) >= 11 is 0. The van der Waals surface area contributed by atoms with Crippen molar-refractivity contribution < 1.29 is 0 Å². The van der Waals surface area contributed by atoms with E-state index in [0.717, 1.165) is 11.8 Å². The Hall–Kier alpha value is -0.520. The molecule has 1 saturated carbocycles. The summed E-state index contributed by atoms with van der Waals surface area (Å²) in [6, 6.07) is 0. The number of unbranched alkanes of at least 4 members (excludes halogenated alkanes) is 5. The molecule has 0 aliphatic heterocycles. The zero-order valence-corrected chi connectivity index (χ0v) is 14.7. The first-order chi connectivity index (χ1) is 10.4. The van der Waals surface area contributed by atoms with E-state index in [2.05, 4.69) is 38.2 Å². The lowest BCUT2D eigenvalue weighted by molar-refractivity contribution is 0.297. The third-order valence-electron chi connectivity index (χ3n) is 4.89. The summed E-state index contributed by atoms with van der Waals surface area (Å²) in [7, 11) is 0. The third kappa shape index (κ3) is 9.93. The van der Waals surface area contributed by atoms with Gasteiger partial charge in [0.15, 0.2) is 0 Å². The van der Waals surface area contributed by atoms with Crippen LogP contribution in [0.5, 0.6) is 0 Å². The molecule has 0 aromatic rings. The molecule has 21 heavy (non-hydrogen) atoms. The van der Waals surface area contributed by atoms with E-state index in [4.69, 9.17) is 0 Å². The van der Waals surface area contributed by atoms with Gasteiger partial charge in [-0.3, -0.25) is 0 Å². The van der Waals surface area contributed by atoms with Gasteiger partial charge in [-0.05, 0) is 69.6 Å². The molecule has 0 nitrogen and oxygen atoms in total. The lowest BCUT2D eigenvalue weighted by atomic mass is 9.80. The number of rotatable bonds is 11. The van der Waals surface area contributed by atoms with Gasteiger partial charge in [0.1, 0.15) is 0 Å². The molecule has 0 N–H and O–H groups in total. The summed E-state index contributed by atoms with van der Waals surface area (Å²) in [5.41, 5.74) is 0. The van der Waals surface area contributed by atoms with E-state index < -0.39 is 0 Å². The van der Waals surface area contributed by atoms with Crippen LogP contribution in [0.15, 0.2) is 24.3 Å². The van der Waals surface area contributed by atoms with Crippen molar-refractivity contribution in [2.75, 3.05) is 0 Å². The Morgan fingerprint density at radius 3 is 2.19 bits per heavy atom. The van der Waals surface area contributed by atoms with Gasteiger partial charge in [0, 0.05) is 0 Å². The lowest BCUT2D eigenvalue weighted by Gasteiger charge is -2.26. The summed E-state index contributed by atoms with van der Waals surface area (Å²) in [5, 5.41) is 0. The van der Waals surface area contributed by atoms with Crippen molar-refractivity contribution in [1.29, 1.82) is 0 Å². The maximum Gasteiger partial charge on any atom is -0.0233 e. The zero-order chi connectivity index (χ0) is 15.2. The van der Waals surface area contributed by atoms with Gasteiger partial charge < -0.3 is 0 Å². The van der Waals surface area contributed by atoms with Gasteiger partial charge in [0.2, 0.25) is 0 Å². The predicted molar refractivity (Wildman–Crippen MR) is 96.6 cm³/mol. The Balaban J connectivity index is 1.99. The van der Waals surface area contributed by atoms with Crippen LogP contribution in [0, 0.1) is 11.8 Å². The normalized spacial score (nSPS) is 23.3. The molecule has 0 bridgehead atoms. The minimum Gasteiger partial charge on any atom is -0.0885 e. The molecule has 0 heterocycles. The molecule has 1 fully saturated rings. The van der Waals surface area contributed by atoms with Crippen LogP contribution in [-0.2, 0) is 0 Å². The Morgan fingerprint density at radius 1 is 0.714 bits per heavy atom. The maximum atomic E-state index is 2.50. The summed E-state index contributed by atoms with van der Waals surface area (Å²) in [4.78, 5) is 0. The van der Waals surface area contributed by atoms with Crippen LogP contribution in [0.2, 0.25) is 0 Å². The van der Waals surface area contributed by atoms with Gasteiger partial charge in [-0.15, -0.1) is 0 Å². The second kappa shape index (κ2) is 13.2. The van der Waals surface area contributed by atoms with Crippen molar-refractivity contribution in [2.24, 2.45) is 11.8 Å². The number of allylic oxidation sites excluding steroid dienone is 4. The molecule has 0 amide bonds. The standard InChI is InChI=1S/C21H38/c1-3-5-7-8-9-10-11-13-15-21-18-16-20(17-19-21)14-12-6-4-2/h10-12,14,20-21H,3-9,13,15-19H2,1-2H3. The highest BCUT2D eigenvalue weighted by atomic mass is 14.2. The molecule has 0 saturated heterocycles. The second-order valence-corrected chi connectivity index (χ2v) is 6.90. The van der Waals surface area contributed by atoms with E-state index in [9.17, 15) is 0 Å². The largest absolute Gasteiger partial charge is 0.0885 e. The first kappa shape index (κ1) is 18.5. The molecular formula is C21H38. The van der Waals surface area contributed by atoms with Crippen molar-refractivity contribution in [3.8, 4) is 0 Å². The molecule has 0 radical (unpaired) electrons. The fraction of sp³-hybridized carbons (Fsp3) is 0.810. The Bertz CT molecular complexity index is 266. The number of hydrogen-bond acceptors (Lipinski definition) is 0. The molecule has 0 unspecified atom stereocenters. The van der Waals surface area contributed by atoms with Gasteiger partial charge in [-0.1, -0.05) is 63.8 Å². The first-order valence-corrected chi connectivity index (χ1v) is 9.68.